The number of para-hydroxylation sites is 1. The van der Waals surface area contributed by atoms with Crippen molar-refractivity contribution >= 4 is 5.91 Å². The van der Waals surface area contributed by atoms with E-state index in [1.165, 1.54) is 12.1 Å². The van der Waals surface area contributed by atoms with Crippen LogP contribution in [0.25, 0.3) is 0 Å². The summed E-state index contributed by atoms with van der Waals surface area (Å²) in [5.41, 5.74) is -0.244. The van der Waals surface area contributed by atoms with Gasteiger partial charge in [-0.3, -0.25) is 4.79 Å². The molecule has 0 heterocycles. The summed E-state index contributed by atoms with van der Waals surface area (Å²) in [5, 5.41) is 3.02. The van der Waals surface area contributed by atoms with Crippen LogP contribution in [-0.4, -0.2) is 17.6 Å². The van der Waals surface area contributed by atoms with Gasteiger partial charge in [0, 0.05) is 5.54 Å². The molecule has 22 heavy (non-hydrogen) atoms. The maximum absolute atomic E-state index is 13.7. The summed E-state index contributed by atoms with van der Waals surface area (Å²) in [4.78, 5) is 12.4. The Morgan fingerprint density at radius 2 is 1.82 bits per heavy atom. The molecule has 0 fully saturated rings. The van der Waals surface area contributed by atoms with Crippen molar-refractivity contribution in [2.24, 2.45) is 5.41 Å². The zero-order valence-corrected chi connectivity index (χ0v) is 14.5. The van der Waals surface area contributed by atoms with E-state index in [1.807, 2.05) is 20.8 Å². The van der Waals surface area contributed by atoms with Gasteiger partial charge in [-0.25, -0.2) is 4.39 Å². The molecule has 0 aliphatic carbocycles. The third-order valence-corrected chi connectivity index (χ3v) is 3.20. The van der Waals surface area contributed by atoms with Crippen LogP contribution in [0.3, 0.4) is 0 Å². The van der Waals surface area contributed by atoms with Crippen molar-refractivity contribution in [3.8, 4) is 5.75 Å². The number of carbonyl (C=O) groups excluding carboxylic acids is 1. The Morgan fingerprint density at radius 1 is 1.23 bits per heavy atom. The van der Waals surface area contributed by atoms with Crippen LogP contribution in [0.2, 0.25) is 0 Å². The minimum absolute atomic E-state index is 0.102. The maximum Gasteiger partial charge on any atom is 0.261 e. The number of carbonyl (C=O) groups is 1. The lowest BCUT2D eigenvalue weighted by atomic mass is 9.81. The van der Waals surface area contributed by atoms with E-state index in [9.17, 15) is 9.18 Å². The number of halogens is 1. The average molecular weight is 309 g/mol. The molecule has 4 heteroatoms. The summed E-state index contributed by atoms with van der Waals surface area (Å²) in [5.74, 6) is -0.555. The molecule has 1 amide bonds. The Bertz CT molecular complexity index is 506. The third-order valence-electron chi connectivity index (χ3n) is 3.20. The Hall–Kier alpha value is -1.58. The summed E-state index contributed by atoms with van der Waals surface area (Å²) in [6, 6.07) is 6.14. The number of benzene rings is 1. The molecule has 0 radical (unpaired) electrons. The number of ether oxygens (including phenoxy) is 1. The van der Waals surface area contributed by atoms with E-state index < -0.39 is 11.9 Å². The summed E-state index contributed by atoms with van der Waals surface area (Å²) in [6.45, 7) is 12.2. The van der Waals surface area contributed by atoms with E-state index in [0.29, 0.717) is 6.42 Å². The summed E-state index contributed by atoms with van der Waals surface area (Å²) >= 11 is 0. The van der Waals surface area contributed by atoms with Gasteiger partial charge in [0.1, 0.15) is 0 Å². The number of rotatable bonds is 6. The Morgan fingerprint density at radius 3 is 2.32 bits per heavy atom. The zero-order chi connectivity index (χ0) is 17.0. The zero-order valence-electron chi connectivity index (χ0n) is 14.5. The highest BCUT2D eigenvalue weighted by Gasteiger charge is 2.30. The van der Waals surface area contributed by atoms with Crippen LogP contribution in [0.4, 0.5) is 4.39 Å². The van der Waals surface area contributed by atoms with E-state index >= 15 is 0 Å². The van der Waals surface area contributed by atoms with Crippen LogP contribution in [0, 0.1) is 11.2 Å². The standard InChI is InChI=1S/C18H28FNO2/c1-7-14(22-15-11-9-8-10-13(15)19)16(21)20-18(5,6)12-17(2,3)4/h8-11,14H,7,12H2,1-6H3,(H,20,21). The molecule has 0 aromatic heterocycles. The molecular weight excluding hydrogens is 281 g/mol. The molecule has 0 saturated heterocycles. The molecular formula is C18H28FNO2. The van der Waals surface area contributed by atoms with E-state index in [4.69, 9.17) is 4.74 Å². The first kappa shape index (κ1) is 18.5. The largest absolute Gasteiger partial charge is 0.478 e. The first-order valence-electron chi connectivity index (χ1n) is 7.77. The fraction of sp³-hybridized carbons (Fsp3) is 0.611. The van der Waals surface area contributed by atoms with Crippen LogP contribution in [-0.2, 0) is 4.79 Å². The molecule has 1 unspecified atom stereocenters. The van der Waals surface area contributed by atoms with Gasteiger partial charge in [0.05, 0.1) is 0 Å². The van der Waals surface area contributed by atoms with Crippen LogP contribution in [0.1, 0.15) is 54.4 Å². The summed E-state index contributed by atoms with van der Waals surface area (Å²) in [6.07, 6.45) is 0.615. The second-order valence-corrected chi connectivity index (χ2v) is 7.56. The van der Waals surface area contributed by atoms with E-state index in [1.54, 1.807) is 12.1 Å². The van der Waals surface area contributed by atoms with Crippen molar-refractivity contribution in [1.29, 1.82) is 0 Å². The molecule has 3 nitrogen and oxygen atoms in total. The lowest BCUT2D eigenvalue weighted by Gasteiger charge is -2.34. The van der Waals surface area contributed by atoms with E-state index in [-0.39, 0.29) is 22.6 Å². The number of hydrogen-bond donors (Lipinski definition) is 1. The van der Waals surface area contributed by atoms with Crippen molar-refractivity contribution in [3.63, 3.8) is 0 Å². The molecule has 0 aliphatic heterocycles. The second kappa shape index (κ2) is 7.12. The molecule has 1 aromatic rings. The topological polar surface area (TPSA) is 38.3 Å². The van der Waals surface area contributed by atoms with E-state index in [2.05, 4.69) is 26.1 Å². The molecule has 0 aliphatic rings. The second-order valence-electron chi connectivity index (χ2n) is 7.56. The van der Waals surface area contributed by atoms with E-state index in [0.717, 1.165) is 6.42 Å². The van der Waals surface area contributed by atoms with Gasteiger partial charge in [-0.1, -0.05) is 39.8 Å². The number of nitrogens with one attached hydrogen (secondary N) is 1. The lowest BCUT2D eigenvalue weighted by molar-refractivity contribution is -0.130. The predicted octanol–water partition coefficient (Wildman–Crippen LogP) is 4.31. The van der Waals surface area contributed by atoms with Gasteiger partial charge in [-0.2, -0.15) is 0 Å². The van der Waals surface area contributed by atoms with Gasteiger partial charge >= 0.3 is 0 Å². The van der Waals surface area contributed by atoms with Crippen LogP contribution in [0.15, 0.2) is 24.3 Å². The summed E-state index contributed by atoms with van der Waals surface area (Å²) < 4.78 is 19.2. The van der Waals surface area contributed by atoms with Crippen molar-refractivity contribution in [2.75, 3.05) is 0 Å². The minimum Gasteiger partial charge on any atom is -0.478 e. The van der Waals surface area contributed by atoms with Crippen molar-refractivity contribution < 1.29 is 13.9 Å². The normalized spacial score (nSPS) is 13.6. The van der Waals surface area contributed by atoms with Gasteiger partial charge in [0.2, 0.25) is 0 Å². The van der Waals surface area contributed by atoms with Crippen molar-refractivity contribution in [2.45, 2.75) is 66.0 Å². The van der Waals surface area contributed by atoms with Gasteiger partial charge in [-0.15, -0.1) is 0 Å². The molecule has 1 N–H and O–H groups in total. The molecule has 124 valence electrons. The molecule has 1 atom stereocenters. The Balaban J connectivity index is 2.75. The van der Waals surface area contributed by atoms with Gasteiger partial charge in [-0.05, 0) is 44.2 Å². The first-order chi connectivity index (χ1) is 10.0. The minimum atomic E-state index is -0.698. The highest BCUT2D eigenvalue weighted by Crippen LogP contribution is 2.27. The Kier molecular flexibility index (Phi) is 5.98. The maximum atomic E-state index is 13.7. The highest BCUT2D eigenvalue weighted by molar-refractivity contribution is 5.81. The SMILES string of the molecule is CCC(Oc1ccccc1F)C(=O)NC(C)(C)CC(C)(C)C. The molecule has 1 aromatic carbocycles. The van der Waals surface area contributed by atoms with Crippen LogP contribution >= 0.6 is 0 Å². The van der Waals surface area contributed by atoms with Crippen molar-refractivity contribution in [3.05, 3.63) is 30.1 Å². The molecule has 0 spiro atoms. The van der Waals surface area contributed by atoms with Gasteiger partial charge < -0.3 is 10.1 Å². The quantitative estimate of drug-likeness (QED) is 0.850. The summed E-state index contributed by atoms with van der Waals surface area (Å²) in [7, 11) is 0. The fourth-order valence-corrected chi connectivity index (χ4v) is 2.80. The number of amides is 1. The smallest absolute Gasteiger partial charge is 0.261 e. The Labute approximate surface area is 133 Å². The third kappa shape index (κ3) is 6.04. The average Bonchev–Trinajstić information content (AvgIpc) is 2.33. The first-order valence-corrected chi connectivity index (χ1v) is 7.77. The highest BCUT2D eigenvalue weighted by atomic mass is 19.1. The van der Waals surface area contributed by atoms with Crippen LogP contribution < -0.4 is 10.1 Å². The van der Waals surface area contributed by atoms with Crippen molar-refractivity contribution in [1.82, 2.24) is 5.32 Å². The molecule has 0 bridgehead atoms. The predicted molar refractivity (Wildman–Crippen MR) is 87.4 cm³/mol. The molecule has 1 rings (SSSR count). The van der Waals surface area contributed by atoms with Crippen LogP contribution in [0.5, 0.6) is 5.75 Å². The molecule has 0 saturated carbocycles. The monoisotopic (exact) mass is 309 g/mol. The number of hydrogen-bond acceptors (Lipinski definition) is 2. The van der Waals surface area contributed by atoms with Gasteiger partial charge in [0.15, 0.2) is 17.7 Å². The van der Waals surface area contributed by atoms with Gasteiger partial charge in [0.25, 0.3) is 5.91 Å². The lowest BCUT2D eigenvalue weighted by Crippen LogP contribution is -2.50. The fourth-order valence-electron chi connectivity index (χ4n) is 2.80.